The summed E-state index contributed by atoms with van der Waals surface area (Å²) in [6.07, 6.45) is 2.20. The molecule has 0 bridgehead atoms. The topological polar surface area (TPSA) is 57.7 Å². The molecule has 0 spiro atoms. The number of pyridine rings is 1. The lowest BCUT2D eigenvalue weighted by atomic mass is 10.1. The number of carbonyl (C=O) groups is 1. The fraction of sp³-hybridized carbons (Fsp3) is 0.333. The van der Waals surface area contributed by atoms with Crippen LogP contribution in [0.4, 0.5) is 0 Å². The molecule has 1 aliphatic rings. The van der Waals surface area contributed by atoms with Crippen molar-refractivity contribution in [2.45, 2.75) is 26.4 Å². The van der Waals surface area contributed by atoms with Gasteiger partial charge in [-0.1, -0.05) is 6.92 Å². The molecule has 1 aromatic carbocycles. The van der Waals surface area contributed by atoms with Crippen LogP contribution in [0, 0.1) is 0 Å². The summed E-state index contributed by atoms with van der Waals surface area (Å²) in [4.78, 5) is 16.2. The van der Waals surface area contributed by atoms with Gasteiger partial charge in [-0.15, -0.1) is 0 Å². The van der Waals surface area contributed by atoms with Gasteiger partial charge in [-0.25, -0.2) is 4.79 Å². The van der Waals surface area contributed by atoms with Crippen molar-refractivity contribution in [3.05, 3.63) is 30.0 Å². The number of aromatic nitrogens is 1. The molecule has 3 rings (SSSR count). The first kappa shape index (κ1) is 12.7. The summed E-state index contributed by atoms with van der Waals surface area (Å²) in [6, 6.07) is 5.39. The number of esters is 1. The lowest BCUT2D eigenvalue weighted by molar-refractivity contribution is 0.0334. The summed E-state index contributed by atoms with van der Waals surface area (Å²) in [5, 5.41) is 0.827. The molecule has 0 fully saturated rings. The van der Waals surface area contributed by atoms with Crippen LogP contribution in [-0.4, -0.2) is 23.9 Å². The zero-order chi connectivity index (χ0) is 14.1. The van der Waals surface area contributed by atoms with E-state index in [0.29, 0.717) is 17.1 Å². The standard InChI is InChI=1S/C15H15NO4/c1-3-9(2)20-15(17)11-4-10-5-13-14(19-8-18-13)6-12(10)16-7-11/h4-7,9H,3,8H2,1-2H3. The predicted molar refractivity (Wildman–Crippen MR) is 73.0 cm³/mol. The van der Waals surface area contributed by atoms with Gasteiger partial charge in [-0.2, -0.15) is 0 Å². The summed E-state index contributed by atoms with van der Waals surface area (Å²) in [5.41, 5.74) is 1.20. The first-order chi connectivity index (χ1) is 9.67. The molecule has 2 aromatic rings. The van der Waals surface area contributed by atoms with E-state index in [4.69, 9.17) is 14.2 Å². The van der Waals surface area contributed by atoms with Crippen molar-refractivity contribution in [3.8, 4) is 11.5 Å². The first-order valence-electron chi connectivity index (χ1n) is 6.57. The van der Waals surface area contributed by atoms with E-state index >= 15 is 0 Å². The fourth-order valence-corrected chi connectivity index (χ4v) is 1.96. The van der Waals surface area contributed by atoms with Crippen molar-refractivity contribution >= 4 is 16.9 Å². The second-order valence-corrected chi connectivity index (χ2v) is 4.75. The Labute approximate surface area is 116 Å². The highest BCUT2D eigenvalue weighted by Gasteiger charge is 2.17. The SMILES string of the molecule is CCC(C)OC(=O)c1cnc2cc3c(cc2c1)OCO3. The summed E-state index contributed by atoms with van der Waals surface area (Å²) in [5.74, 6) is 0.998. The molecule has 1 aliphatic heterocycles. The molecule has 20 heavy (non-hydrogen) atoms. The number of rotatable bonds is 3. The minimum absolute atomic E-state index is 0.102. The van der Waals surface area contributed by atoms with E-state index in [1.807, 2.05) is 19.9 Å². The van der Waals surface area contributed by atoms with E-state index in [0.717, 1.165) is 17.3 Å². The average Bonchev–Trinajstić information content (AvgIpc) is 2.91. The molecule has 5 nitrogen and oxygen atoms in total. The minimum Gasteiger partial charge on any atom is -0.459 e. The Hall–Kier alpha value is -2.30. The van der Waals surface area contributed by atoms with Gasteiger partial charge in [-0.05, 0) is 25.5 Å². The van der Waals surface area contributed by atoms with Gasteiger partial charge < -0.3 is 14.2 Å². The quantitative estimate of drug-likeness (QED) is 0.805. The van der Waals surface area contributed by atoms with Gasteiger partial charge in [0.1, 0.15) is 0 Å². The normalized spacial score (nSPS) is 14.3. The van der Waals surface area contributed by atoms with E-state index in [2.05, 4.69) is 4.98 Å². The monoisotopic (exact) mass is 273 g/mol. The van der Waals surface area contributed by atoms with Gasteiger partial charge in [0.05, 0.1) is 17.2 Å². The van der Waals surface area contributed by atoms with Crippen LogP contribution in [-0.2, 0) is 4.74 Å². The molecule has 0 aliphatic carbocycles. The van der Waals surface area contributed by atoms with Crippen LogP contribution < -0.4 is 9.47 Å². The summed E-state index contributed by atoms with van der Waals surface area (Å²) in [7, 11) is 0. The highest BCUT2D eigenvalue weighted by Crippen LogP contribution is 2.35. The molecule has 1 unspecified atom stereocenters. The van der Waals surface area contributed by atoms with Crippen molar-refractivity contribution in [2.75, 3.05) is 6.79 Å². The van der Waals surface area contributed by atoms with E-state index in [1.165, 1.54) is 6.20 Å². The zero-order valence-corrected chi connectivity index (χ0v) is 11.4. The number of fused-ring (bicyclic) bond motifs is 2. The molecule has 104 valence electrons. The first-order valence-corrected chi connectivity index (χ1v) is 6.57. The lowest BCUT2D eigenvalue weighted by Crippen LogP contribution is -2.14. The van der Waals surface area contributed by atoms with Gasteiger partial charge in [0.25, 0.3) is 0 Å². The maximum absolute atomic E-state index is 12.0. The molecule has 0 saturated carbocycles. The molecular weight excluding hydrogens is 258 g/mol. The van der Waals surface area contributed by atoms with Crippen molar-refractivity contribution < 1.29 is 19.0 Å². The highest BCUT2D eigenvalue weighted by molar-refractivity contribution is 5.94. The number of nitrogens with zero attached hydrogens (tertiary/aromatic N) is 1. The van der Waals surface area contributed by atoms with Gasteiger partial charge in [0.15, 0.2) is 11.5 Å². The van der Waals surface area contributed by atoms with Crippen molar-refractivity contribution in [1.29, 1.82) is 0 Å². The Balaban J connectivity index is 1.94. The van der Waals surface area contributed by atoms with Crippen LogP contribution in [0.5, 0.6) is 11.5 Å². The largest absolute Gasteiger partial charge is 0.459 e. The molecule has 1 aromatic heterocycles. The smallest absolute Gasteiger partial charge is 0.339 e. The van der Waals surface area contributed by atoms with Crippen LogP contribution in [0.1, 0.15) is 30.6 Å². The Morgan fingerprint density at radius 3 is 2.85 bits per heavy atom. The Morgan fingerprint density at radius 2 is 2.10 bits per heavy atom. The predicted octanol–water partition coefficient (Wildman–Crippen LogP) is 2.92. The summed E-state index contributed by atoms with van der Waals surface area (Å²) < 4.78 is 15.9. The van der Waals surface area contributed by atoms with Gasteiger partial charge in [0, 0.05) is 17.6 Å². The number of hydrogen-bond acceptors (Lipinski definition) is 5. The lowest BCUT2D eigenvalue weighted by Gasteiger charge is -2.10. The number of carbonyl (C=O) groups excluding carboxylic acids is 1. The molecule has 5 heteroatoms. The molecule has 1 atom stereocenters. The third-order valence-electron chi connectivity index (χ3n) is 3.29. The molecule has 2 heterocycles. The molecule has 0 saturated heterocycles. The maximum Gasteiger partial charge on any atom is 0.339 e. The molecule has 0 radical (unpaired) electrons. The average molecular weight is 273 g/mol. The molecular formula is C15H15NO4. The summed E-state index contributed by atoms with van der Waals surface area (Å²) in [6.45, 7) is 4.05. The Morgan fingerprint density at radius 1 is 1.35 bits per heavy atom. The third kappa shape index (κ3) is 2.27. The van der Waals surface area contributed by atoms with Crippen LogP contribution in [0.3, 0.4) is 0 Å². The minimum atomic E-state index is -0.355. The van der Waals surface area contributed by atoms with Crippen LogP contribution in [0.2, 0.25) is 0 Å². The van der Waals surface area contributed by atoms with E-state index in [9.17, 15) is 4.79 Å². The van der Waals surface area contributed by atoms with Crippen LogP contribution in [0.25, 0.3) is 10.9 Å². The van der Waals surface area contributed by atoms with Gasteiger partial charge in [0.2, 0.25) is 6.79 Å². The second-order valence-electron chi connectivity index (χ2n) is 4.75. The number of ether oxygens (including phenoxy) is 3. The Kier molecular flexibility index (Phi) is 3.18. The van der Waals surface area contributed by atoms with Gasteiger partial charge >= 0.3 is 5.97 Å². The van der Waals surface area contributed by atoms with Crippen LogP contribution >= 0.6 is 0 Å². The van der Waals surface area contributed by atoms with Crippen molar-refractivity contribution in [3.63, 3.8) is 0 Å². The maximum atomic E-state index is 12.0. The Bertz CT molecular complexity index is 668. The molecule has 0 N–H and O–H groups in total. The van der Waals surface area contributed by atoms with Crippen molar-refractivity contribution in [2.24, 2.45) is 0 Å². The van der Waals surface area contributed by atoms with Gasteiger partial charge in [-0.3, -0.25) is 4.98 Å². The summed E-state index contributed by atoms with van der Waals surface area (Å²) >= 11 is 0. The van der Waals surface area contributed by atoms with Crippen LogP contribution in [0.15, 0.2) is 24.4 Å². The number of benzene rings is 1. The van der Waals surface area contributed by atoms with E-state index in [1.54, 1.807) is 12.1 Å². The van der Waals surface area contributed by atoms with Crippen molar-refractivity contribution in [1.82, 2.24) is 4.98 Å². The third-order valence-corrected chi connectivity index (χ3v) is 3.29. The van der Waals surface area contributed by atoms with E-state index in [-0.39, 0.29) is 18.9 Å². The molecule has 0 amide bonds. The fourth-order valence-electron chi connectivity index (χ4n) is 1.96. The zero-order valence-electron chi connectivity index (χ0n) is 11.4. The highest BCUT2D eigenvalue weighted by atomic mass is 16.7. The second kappa shape index (κ2) is 5.00. The van der Waals surface area contributed by atoms with E-state index < -0.39 is 0 Å². The number of hydrogen-bond donors (Lipinski definition) is 0.